The molecule has 0 spiro atoms. The maximum absolute atomic E-state index is 15.2. The van der Waals surface area contributed by atoms with Gasteiger partial charge < -0.3 is 9.47 Å². The number of hydrogen-bond acceptors (Lipinski definition) is 4. The number of rotatable bonds is 7. The van der Waals surface area contributed by atoms with Crippen LogP contribution in [0.25, 0.3) is 0 Å². The summed E-state index contributed by atoms with van der Waals surface area (Å²) in [6.07, 6.45) is 2.04. The lowest BCUT2D eigenvalue weighted by atomic mass is 10.0. The van der Waals surface area contributed by atoms with Crippen molar-refractivity contribution in [1.29, 1.82) is 0 Å². The fourth-order valence-corrected chi connectivity index (χ4v) is 3.36. The molecule has 0 amide bonds. The molecule has 0 saturated carbocycles. The van der Waals surface area contributed by atoms with Gasteiger partial charge in [0.15, 0.2) is 11.6 Å². The molecule has 8 heteroatoms. The van der Waals surface area contributed by atoms with Gasteiger partial charge in [-0.2, -0.15) is 0 Å². The molecule has 0 saturated heterocycles. The normalized spacial score (nSPS) is 13.9. The maximum Gasteiger partial charge on any atom is 0.216 e. The van der Waals surface area contributed by atoms with Gasteiger partial charge in [-0.25, -0.2) is 18.3 Å². The van der Waals surface area contributed by atoms with Crippen LogP contribution in [0.3, 0.4) is 0 Å². The quantitative estimate of drug-likeness (QED) is 0.678. The summed E-state index contributed by atoms with van der Waals surface area (Å²) >= 11 is 6.16. The Kier molecular flexibility index (Phi) is 7.19. The summed E-state index contributed by atoms with van der Waals surface area (Å²) in [5.74, 6) is 0.000634. The largest absolute Gasteiger partial charge is 0.481 e. The molecular formula is C19H24ClFN2O3S. The number of ether oxygens (including phenoxy) is 2. The number of nitrogens with zero attached hydrogens (tertiary/aromatic N) is 1. The van der Waals surface area contributed by atoms with Crippen LogP contribution in [0, 0.1) is 5.82 Å². The molecule has 1 heterocycles. The third-order valence-electron chi connectivity index (χ3n) is 3.80. The van der Waals surface area contributed by atoms with Gasteiger partial charge in [0.05, 0.1) is 27.9 Å². The molecule has 1 aromatic carbocycles. The van der Waals surface area contributed by atoms with Crippen LogP contribution >= 0.6 is 11.6 Å². The topological polar surface area (TPSA) is 60.5 Å². The SMILES string of the molecule is CC[C@@H](N[S@](=O)C(C)(C)C)c1ccc(Cl)c(Oc2ccnc(OC)c2)c1F. The summed E-state index contributed by atoms with van der Waals surface area (Å²) in [7, 11) is 0.134. The minimum Gasteiger partial charge on any atom is -0.481 e. The molecule has 1 aromatic heterocycles. The maximum atomic E-state index is 15.2. The summed E-state index contributed by atoms with van der Waals surface area (Å²) in [6, 6.07) is 5.81. The van der Waals surface area contributed by atoms with Gasteiger partial charge in [-0.15, -0.1) is 0 Å². The highest BCUT2D eigenvalue weighted by atomic mass is 35.5. The summed E-state index contributed by atoms with van der Waals surface area (Å²) in [4.78, 5) is 3.99. The zero-order chi connectivity index (χ0) is 20.2. The van der Waals surface area contributed by atoms with Gasteiger partial charge in [-0.3, -0.25) is 0 Å². The van der Waals surface area contributed by atoms with E-state index in [0.717, 1.165) is 0 Å². The van der Waals surface area contributed by atoms with Gasteiger partial charge >= 0.3 is 0 Å². The molecular weight excluding hydrogens is 391 g/mol. The molecule has 0 aliphatic carbocycles. The van der Waals surface area contributed by atoms with Crippen LogP contribution in [0.15, 0.2) is 30.5 Å². The van der Waals surface area contributed by atoms with Crippen LogP contribution < -0.4 is 14.2 Å². The second-order valence-electron chi connectivity index (χ2n) is 6.88. The minimum atomic E-state index is -1.35. The van der Waals surface area contributed by atoms with Crippen molar-refractivity contribution in [2.24, 2.45) is 0 Å². The average molecular weight is 415 g/mol. The second-order valence-corrected chi connectivity index (χ2v) is 9.28. The molecule has 0 aliphatic heterocycles. The fourth-order valence-electron chi connectivity index (χ4n) is 2.27. The summed E-state index contributed by atoms with van der Waals surface area (Å²) < 4.78 is 40.9. The lowest BCUT2D eigenvalue weighted by Gasteiger charge is -2.24. The highest BCUT2D eigenvalue weighted by Gasteiger charge is 2.26. The highest BCUT2D eigenvalue weighted by Crippen LogP contribution is 2.37. The predicted octanol–water partition coefficient (Wildman–Crippen LogP) is 5.18. The zero-order valence-electron chi connectivity index (χ0n) is 16.0. The van der Waals surface area contributed by atoms with E-state index in [-0.39, 0.29) is 10.8 Å². The minimum absolute atomic E-state index is 0.0933. The van der Waals surface area contributed by atoms with Crippen molar-refractivity contribution in [3.05, 3.63) is 46.9 Å². The van der Waals surface area contributed by atoms with E-state index in [1.165, 1.54) is 19.4 Å². The number of aromatic nitrogens is 1. The van der Waals surface area contributed by atoms with E-state index in [4.69, 9.17) is 21.1 Å². The number of halogens is 2. The van der Waals surface area contributed by atoms with Gasteiger partial charge in [0.25, 0.3) is 0 Å². The Bertz CT molecular complexity index is 827. The first kappa shape index (κ1) is 21.6. The Hall–Kier alpha value is -1.70. The number of pyridine rings is 1. The van der Waals surface area contributed by atoms with E-state index < -0.39 is 27.6 Å². The zero-order valence-corrected chi connectivity index (χ0v) is 17.6. The van der Waals surface area contributed by atoms with Crippen molar-refractivity contribution in [3.8, 4) is 17.4 Å². The van der Waals surface area contributed by atoms with Gasteiger partial charge in [0.2, 0.25) is 5.88 Å². The first-order valence-electron chi connectivity index (χ1n) is 8.51. The number of hydrogen-bond donors (Lipinski definition) is 1. The van der Waals surface area contributed by atoms with Crippen LogP contribution in [-0.2, 0) is 11.0 Å². The molecule has 1 N–H and O–H groups in total. The number of methoxy groups -OCH3 is 1. The Morgan fingerprint density at radius 2 is 2.04 bits per heavy atom. The Morgan fingerprint density at radius 1 is 1.33 bits per heavy atom. The van der Waals surface area contributed by atoms with Crippen LogP contribution in [-0.4, -0.2) is 21.0 Å². The van der Waals surface area contributed by atoms with E-state index >= 15 is 4.39 Å². The van der Waals surface area contributed by atoms with Gasteiger partial charge in [-0.05, 0) is 39.3 Å². The van der Waals surface area contributed by atoms with Gasteiger partial charge in [-0.1, -0.05) is 24.6 Å². The molecule has 5 nitrogen and oxygen atoms in total. The van der Waals surface area contributed by atoms with Gasteiger partial charge in [0.1, 0.15) is 5.75 Å². The Labute approximate surface area is 166 Å². The molecule has 2 atom stereocenters. The monoisotopic (exact) mass is 414 g/mol. The summed E-state index contributed by atoms with van der Waals surface area (Å²) in [5.41, 5.74) is 0.343. The average Bonchev–Trinajstić information content (AvgIpc) is 2.63. The van der Waals surface area contributed by atoms with Crippen molar-refractivity contribution in [2.75, 3.05) is 7.11 Å². The molecule has 0 radical (unpaired) electrons. The van der Waals surface area contributed by atoms with Crippen molar-refractivity contribution in [3.63, 3.8) is 0 Å². The van der Waals surface area contributed by atoms with Gasteiger partial charge in [0, 0.05) is 23.9 Å². The van der Waals surface area contributed by atoms with E-state index in [1.54, 1.807) is 18.2 Å². The van der Waals surface area contributed by atoms with E-state index in [1.807, 2.05) is 27.7 Å². The molecule has 0 fully saturated rings. The third kappa shape index (κ3) is 5.40. The lowest BCUT2D eigenvalue weighted by Crippen LogP contribution is -2.35. The Balaban J connectivity index is 2.36. The fraction of sp³-hybridized carbons (Fsp3) is 0.421. The summed E-state index contributed by atoms with van der Waals surface area (Å²) in [6.45, 7) is 7.45. The van der Waals surface area contributed by atoms with Crippen LogP contribution in [0.5, 0.6) is 17.4 Å². The first-order valence-corrected chi connectivity index (χ1v) is 10.0. The van der Waals surface area contributed by atoms with Crippen LogP contribution in [0.1, 0.15) is 45.7 Å². The molecule has 0 unspecified atom stereocenters. The molecule has 0 aliphatic rings. The smallest absolute Gasteiger partial charge is 0.216 e. The third-order valence-corrected chi connectivity index (χ3v) is 5.71. The number of nitrogens with one attached hydrogen (secondary N) is 1. The van der Waals surface area contributed by atoms with E-state index in [9.17, 15) is 4.21 Å². The lowest BCUT2D eigenvalue weighted by molar-refractivity contribution is 0.389. The molecule has 2 rings (SSSR count). The van der Waals surface area contributed by atoms with Crippen LogP contribution in [0.4, 0.5) is 4.39 Å². The first-order chi connectivity index (χ1) is 12.7. The molecule has 0 bridgehead atoms. The molecule has 2 aromatic rings. The standard InChI is InChI=1S/C19H24ClFN2O3S/c1-6-15(23-27(24)19(2,3)4)13-7-8-14(20)18(17(13)21)26-12-9-10-22-16(11-12)25-5/h7-11,15,23H,6H2,1-5H3/t15-,27-/m1/s1. The highest BCUT2D eigenvalue weighted by molar-refractivity contribution is 7.84. The Morgan fingerprint density at radius 3 is 2.63 bits per heavy atom. The van der Waals surface area contributed by atoms with Crippen molar-refractivity contribution in [1.82, 2.24) is 9.71 Å². The second kappa shape index (κ2) is 8.99. The molecule has 27 heavy (non-hydrogen) atoms. The predicted molar refractivity (Wildman–Crippen MR) is 106 cm³/mol. The summed E-state index contributed by atoms with van der Waals surface area (Å²) in [5, 5.41) is 0.138. The van der Waals surface area contributed by atoms with Crippen LogP contribution in [0.2, 0.25) is 5.02 Å². The van der Waals surface area contributed by atoms with E-state index in [0.29, 0.717) is 23.6 Å². The van der Waals surface area contributed by atoms with Crippen molar-refractivity contribution < 1.29 is 18.1 Å². The number of benzene rings is 1. The molecule has 148 valence electrons. The van der Waals surface area contributed by atoms with Crippen molar-refractivity contribution in [2.45, 2.75) is 44.9 Å². The van der Waals surface area contributed by atoms with Crippen molar-refractivity contribution >= 4 is 22.6 Å². The van der Waals surface area contributed by atoms with E-state index in [2.05, 4.69) is 9.71 Å².